The van der Waals surface area contributed by atoms with Gasteiger partial charge in [-0.1, -0.05) is 30.3 Å². The van der Waals surface area contributed by atoms with Crippen molar-refractivity contribution in [3.63, 3.8) is 0 Å². The molecule has 1 aromatic carbocycles. The van der Waals surface area contributed by atoms with Crippen LogP contribution < -0.4 is 5.32 Å². The van der Waals surface area contributed by atoms with Crippen LogP contribution in [0.1, 0.15) is 17.5 Å². The molecule has 19 heavy (non-hydrogen) atoms. The Morgan fingerprint density at radius 3 is 2.58 bits per heavy atom. The highest BCUT2D eigenvalue weighted by molar-refractivity contribution is 5.18. The fourth-order valence-corrected chi connectivity index (χ4v) is 2.91. The molecular weight excluding hydrogens is 234 g/mol. The average Bonchev–Trinajstić information content (AvgIpc) is 2.80. The maximum Gasteiger partial charge on any atom is 0.0521 e. The fourth-order valence-electron chi connectivity index (χ4n) is 2.91. The molecule has 0 saturated carbocycles. The fraction of sp³-hybridized carbons (Fsp3) is 0.438. The Morgan fingerprint density at radius 1 is 1.21 bits per heavy atom. The van der Waals surface area contributed by atoms with Crippen molar-refractivity contribution in [3.05, 3.63) is 53.9 Å². The van der Waals surface area contributed by atoms with Crippen LogP contribution in [0.15, 0.2) is 42.7 Å². The highest BCUT2D eigenvalue weighted by Crippen LogP contribution is 2.32. The molecule has 3 heteroatoms. The van der Waals surface area contributed by atoms with Gasteiger partial charge in [0.05, 0.1) is 6.20 Å². The lowest BCUT2D eigenvalue weighted by Gasteiger charge is -2.43. The van der Waals surface area contributed by atoms with E-state index in [1.165, 1.54) is 24.0 Å². The molecule has 2 heterocycles. The van der Waals surface area contributed by atoms with E-state index in [4.69, 9.17) is 0 Å². The number of benzene rings is 1. The van der Waals surface area contributed by atoms with E-state index in [1.54, 1.807) is 0 Å². The predicted molar refractivity (Wildman–Crippen MR) is 77.0 cm³/mol. The maximum absolute atomic E-state index is 4.25. The van der Waals surface area contributed by atoms with Gasteiger partial charge in [0, 0.05) is 26.3 Å². The lowest BCUT2D eigenvalue weighted by atomic mass is 9.72. The molecule has 100 valence electrons. The second-order valence-electron chi connectivity index (χ2n) is 5.79. The smallest absolute Gasteiger partial charge is 0.0521 e. The molecule has 3 rings (SSSR count). The molecule has 0 atom stereocenters. The summed E-state index contributed by atoms with van der Waals surface area (Å²) in [4.78, 5) is 0. The van der Waals surface area contributed by atoms with Crippen LogP contribution in [0, 0.1) is 5.41 Å². The first-order valence-corrected chi connectivity index (χ1v) is 6.98. The molecule has 1 aromatic heterocycles. The van der Waals surface area contributed by atoms with Gasteiger partial charge in [0.2, 0.25) is 0 Å². The molecule has 0 bridgehead atoms. The number of aromatic nitrogens is 2. The summed E-state index contributed by atoms with van der Waals surface area (Å²) in [6.07, 6.45) is 7.66. The van der Waals surface area contributed by atoms with E-state index in [0.717, 1.165) is 19.5 Å². The minimum absolute atomic E-state index is 0.442. The number of nitrogens with zero attached hydrogens (tertiary/aromatic N) is 2. The Balaban J connectivity index is 1.63. The molecular formula is C16H21N3. The Labute approximate surface area is 114 Å². The first-order chi connectivity index (χ1) is 9.26. The lowest BCUT2D eigenvalue weighted by Crippen LogP contribution is -2.54. The summed E-state index contributed by atoms with van der Waals surface area (Å²) in [5.41, 5.74) is 3.24. The van der Waals surface area contributed by atoms with Gasteiger partial charge >= 0.3 is 0 Å². The van der Waals surface area contributed by atoms with E-state index in [1.807, 2.05) is 17.9 Å². The quantitative estimate of drug-likeness (QED) is 0.887. The summed E-state index contributed by atoms with van der Waals surface area (Å²) in [6, 6.07) is 10.8. The van der Waals surface area contributed by atoms with Crippen LogP contribution in [0.25, 0.3) is 0 Å². The Morgan fingerprint density at radius 2 is 2.00 bits per heavy atom. The van der Waals surface area contributed by atoms with Crippen molar-refractivity contribution in [2.45, 2.75) is 19.3 Å². The van der Waals surface area contributed by atoms with Gasteiger partial charge < -0.3 is 5.32 Å². The molecule has 0 aliphatic carbocycles. The van der Waals surface area contributed by atoms with E-state index in [2.05, 4.69) is 46.9 Å². The molecule has 0 radical (unpaired) electrons. The van der Waals surface area contributed by atoms with E-state index >= 15 is 0 Å². The monoisotopic (exact) mass is 255 g/mol. The van der Waals surface area contributed by atoms with Crippen LogP contribution in [0.4, 0.5) is 0 Å². The van der Waals surface area contributed by atoms with E-state index in [9.17, 15) is 0 Å². The van der Waals surface area contributed by atoms with E-state index in [-0.39, 0.29) is 0 Å². The van der Waals surface area contributed by atoms with Gasteiger partial charge in [-0.2, -0.15) is 5.10 Å². The number of nitrogens with one attached hydrogen (secondary N) is 1. The molecule has 0 amide bonds. The first-order valence-electron chi connectivity index (χ1n) is 6.98. The van der Waals surface area contributed by atoms with Crippen molar-refractivity contribution in [1.29, 1.82) is 0 Å². The van der Waals surface area contributed by atoms with Crippen molar-refractivity contribution in [1.82, 2.24) is 15.1 Å². The second-order valence-corrected chi connectivity index (χ2v) is 5.79. The molecule has 1 saturated heterocycles. The van der Waals surface area contributed by atoms with Gasteiger partial charge in [-0.3, -0.25) is 4.68 Å². The summed E-state index contributed by atoms with van der Waals surface area (Å²) in [5, 5.41) is 7.69. The van der Waals surface area contributed by atoms with Crippen molar-refractivity contribution in [2.24, 2.45) is 12.5 Å². The highest BCUT2D eigenvalue weighted by Gasteiger charge is 2.36. The lowest BCUT2D eigenvalue weighted by molar-refractivity contribution is 0.152. The van der Waals surface area contributed by atoms with Gasteiger partial charge in [0.15, 0.2) is 0 Å². The molecule has 1 aliphatic heterocycles. The Hall–Kier alpha value is -1.61. The van der Waals surface area contributed by atoms with Gasteiger partial charge in [-0.05, 0) is 35.8 Å². The maximum atomic E-state index is 4.25. The molecule has 3 nitrogen and oxygen atoms in total. The third kappa shape index (κ3) is 2.87. The highest BCUT2D eigenvalue weighted by atomic mass is 15.2. The summed E-state index contributed by atoms with van der Waals surface area (Å²) in [6.45, 7) is 2.28. The summed E-state index contributed by atoms with van der Waals surface area (Å²) in [5.74, 6) is 0. The molecule has 1 fully saturated rings. The van der Waals surface area contributed by atoms with E-state index in [0.29, 0.717) is 5.41 Å². The summed E-state index contributed by atoms with van der Waals surface area (Å²) in [7, 11) is 1.98. The van der Waals surface area contributed by atoms with Crippen molar-refractivity contribution < 1.29 is 0 Å². The third-order valence-corrected chi connectivity index (χ3v) is 4.12. The molecule has 2 aromatic rings. The summed E-state index contributed by atoms with van der Waals surface area (Å²) >= 11 is 0. The largest absolute Gasteiger partial charge is 0.316 e. The number of rotatable bonds is 5. The second kappa shape index (κ2) is 5.17. The Kier molecular flexibility index (Phi) is 3.38. The average molecular weight is 255 g/mol. The Bertz CT molecular complexity index is 526. The number of hydrogen-bond donors (Lipinski definition) is 1. The van der Waals surface area contributed by atoms with Crippen LogP contribution in [-0.2, 0) is 19.9 Å². The van der Waals surface area contributed by atoms with Gasteiger partial charge in [0.1, 0.15) is 0 Å². The molecule has 1 N–H and O–H groups in total. The predicted octanol–water partition coefficient (Wildman–Crippen LogP) is 2.18. The zero-order valence-electron chi connectivity index (χ0n) is 11.5. The third-order valence-electron chi connectivity index (χ3n) is 4.12. The minimum atomic E-state index is 0.442. The van der Waals surface area contributed by atoms with Gasteiger partial charge in [-0.15, -0.1) is 0 Å². The normalized spacial score (nSPS) is 17.1. The van der Waals surface area contributed by atoms with Crippen molar-refractivity contribution in [3.8, 4) is 0 Å². The zero-order valence-corrected chi connectivity index (χ0v) is 11.5. The van der Waals surface area contributed by atoms with Crippen LogP contribution in [0.3, 0.4) is 0 Å². The van der Waals surface area contributed by atoms with Crippen molar-refractivity contribution >= 4 is 0 Å². The minimum Gasteiger partial charge on any atom is -0.316 e. The standard InChI is InChI=1S/C16H21N3/c1-19-11-15(10-18-19)7-8-16(12-17-13-16)9-14-5-3-2-4-6-14/h2-6,10-11,17H,7-9,12-13H2,1H3. The van der Waals surface area contributed by atoms with Crippen LogP contribution in [-0.4, -0.2) is 22.9 Å². The zero-order chi connectivity index (χ0) is 13.1. The SMILES string of the molecule is Cn1cc(CCC2(Cc3ccccc3)CNC2)cn1. The van der Waals surface area contributed by atoms with Crippen LogP contribution in [0.5, 0.6) is 0 Å². The van der Waals surface area contributed by atoms with Gasteiger partial charge in [0.25, 0.3) is 0 Å². The molecule has 0 unspecified atom stereocenters. The van der Waals surface area contributed by atoms with Crippen LogP contribution in [0.2, 0.25) is 0 Å². The van der Waals surface area contributed by atoms with Gasteiger partial charge in [-0.25, -0.2) is 0 Å². The summed E-state index contributed by atoms with van der Waals surface area (Å²) < 4.78 is 1.89. The molecule has 0 spiro atoms. The van der Waals surface area contributed by atoms with Crippen molar-refractivity contribution in [2.75, 3.05) is 13.1 Å². The van der Waals surface area contributed by atoms with Crippen LogP contribution >= 0.6 is 0 Å². The number of hydrogen-bond acceptors (Lipinski definition) is 2. The molecule has 1 aliphatic rings. The van der Waals surface area contributed by atoms with E-state index < -0.39 is 0 Å². The topological polar surface area (TPSA) is 29.9 Å². The number of aryl methyl sites for hydroxylation is 2. The first kappa shape index (κ1) is 12.4.